The van der Waals surface area contributed by atoms with Crippen molar-refractivity contribution in [3.05, 3.63) is 18.1 Å². The molecule has 0 radical (unpaired) electrons. The van der Waals surface area contributed by atoms with E-state index in [-0.39, 0.29) is 5.91 Å². The number of anilines is 1. The molecule has 2 saturated heterocycles. The van der Waals surface area contributed by atoms with Crippen LogP contribution in [0.2, 0.25) is 0 Å². The molecule has 0 saturated carbocycles. The summed E-state index contributed by atoms with van der Waals surface area (Å²) < 4.78 is 0. The van der Waals surface area contributed by atoms with Crippen molar-refractivity contribution in [3.8, 4) is 0 Å². The molecule has 1 atom stereocenters. The number of aromatic nitrogens is 2. The summed E-state index contributed by atoms with van der Waals surface area (Å²) in [5.74, 6) is 0.677. The molecule has 3 rings (SSSR count). The van der Waals surface area contributed by atoms with E-state index in [0.29, 0.717) is 17.6 Å². The molecule has 1 N–H and O–H groups in total. The molecule has 6 heteroatoms. The summed E-state index contributed by atoms with van der Waals surface area (Å²) in [7, 11) is 0. The van der Waals surface area contributed by atoms with Gasteiger partial charge in [-0.2, -0.15) is 0 Å². The molecule has 6 nitrogen and oxygen atoms in total. The zero-order chi connectivity index (χ0) is 14.7. The fourth-order valence-electron chi connectivity index (χ4n) is 3.29. The summed E-state index contributed by atoms with van der Waals surface area (Å²) in [6.07, 6.45) is 6.72. The molecular formula is C15H23N5O. The van der Waals surface area contributed by atoms with Gasteiger partial charge in [0.1, 0.15) is 11.5 Å². The van der Waals surface area contributed by atoms with Crippen molar-refractivity contribution in [2.75, 3.05) is 38.0 Å². The second-order valence-electron chi connectivity index (χ2n) is 5.76. The van der Waals surface area contributed by atoms with E-state index in [1.54, 1.807) is 12.4 Å². The average Bonchev–Trinajstić information content (AvgIpc) is 2.84. The smallest absolute Gasteiger partial charge is 0.274 e. The van der Waals surface area contributed by atoms with Crippen LogP contribution in [0.3, 0.4) is 0 Å². The molecule has 0 aromatic carbocycles. The van der Waals surface area contributed by atoms with Crippen molar-refractivity contribution in [1.82, 2.24) is 19.8 Å². The second-order valence-corrected chi connectivity index (χ2v) is 5.76. The van der Waals surface area contributed by atoms with Gasteiger partial charge < -0.3 is 10.2 Å². The zero-order valence-electron chi connectivity index (χ0n) is 12.6. The van der Waals surface area contributed by atoms with Crippen molar-refractivity contribution >= 4 is 11.7 Å². The highest BCUT2D eigenvalue weighted by Gasteiger charge is 2.31. The average molecular weight is 289 g/mol. The number of fused-ring (bicyclic) bond motifs is 1. The van der Waals surface area contributed by atoms with E-state index in [2.05, 4.69) is 20.2 Å². The minimum atomic E-state index is 0.0102. The molecule has 2 aliphatic heterocycles. The van der Waals surface area contributed by atoms with E-state index >= 15 is 0 Å². The summed E-state index contributed by atoms with van der Waals surface area (Å²) in [4.78, 5) is 25.7. The Hall–Kier alpha value is -1.69. The van der Waals surface area contributed by atoms with E-state index < -0.39 is 0 Å². The van der Waals surface area contributed by atoms with E-state index in [4.69, 9.17) is 0 Å². The Morgan fingerprint density at radius 2 is 2.19 bits per heavy atom. The van der Waals surface area contributed by atoms with Crippen LogP contribution < -0.4 is 5.32 Å². The molecule has 0 spiro atoms. The van der Waals surface area contributed by atoms with Gasteiger partial charge in [0.2, 0.25) is 0 Å². The molecule has 1 aromatic heterocycles. The molecule has 0 bridgehead atoms. The Balaban J connectivity index is 1.73. The fraction of sp³-hybridized carbons (Fsp3) is 0.667. The molecule has 1 amide bonds. The molecule has 1 unspecified atom stereocenters. The van der Waals surface area contributed by atoms with Crippen LogP contribution in [0.25, 0.3) is 0 Å². The molecular weight excluding hydrogens is 266 g/mol. The molecule has 1 aromatic rings. The van der Waals surface area contributed by atoms with Gasteiger partial charge in [0.25, 0.3) is 5.91 Å². The molecule has 114 valence electrons. The number of nitrogens with one attached hydrogen (secondary N) is 1. The molecule has 3 heterocycles. The summed E-state index contributed by atoms with van der Waals surface area (Å²) in [6, 6.07) is 0.529. The lowest BCUT2D eigenvalue weighted by atomic mass is 10.2. The lowest BCUT2D eigenvalue weighted by molar-refractivity contribution is 0.0737. The van der Waals surface area contributed by atoms with Crippen molar-refractivity contribution in [3.63, 3.8) is 0 Å². The number of nitrogens with zero attached hydrogens (tertiary/aromatic N) is 4. The Bertz CT molecular complexity index is 507. The quantitative estimate of drug-likeness (QED) is 0.906. The van der Waals surface area contributed by atoms with Gasteiger partial charge in [-0.25, -0.2) is 4.98 Å². The van der Waals surface area contributed by atoms with E-state index in [1.165, 1.54) is 19.4 Å². The maximum Gasteiger partial charge on any atom is 0.274 e. The standard InChI is InChI=1S/C15H23N5O/c1-2-17-14-10-16-9-13(18-14)15(21)20-8-4-7-19-6-3-5-12(19)11-20/h9-10,12H,2-8,11H2,1H3,(H,17,18). The van der Waals surface area contributed by atoms with E-state index in [0.717, 1.165) is 32.6 Å². The Morgan fingerprint density at radius 1 is 1.33 bits per heavy atom. The van der Waals surface area contributed by atoms with Crippen LogP contribution >= 0.6 is 0 Å². The minimum Gasteiger partial charge on any atom is -0.369 e. The monoisotopic (exact) mass is 289 g/mol. The van der Waals surface area contributed by atoms with Crippen molar-refractivity contribution in [2.24, 2.45) is 0 Å². The van der Waals surface area contributed by atoms with Gasteiger partial charge in [-0.3, -0.25) is 14.7 Å². The number of rotatable bonds is 3. The summed E-state index contributed by atoms with van der Waals surface area (Å²) in [5, 5.41) is 3.10. The third-order valence-corrected chi connectivity index (χ3v) is 4.30. The topological polar surface area (TPSA) is 61.4 Å². The lowest BCUT2D eigenvalue weighted by Gasteiger charge is -2.25. The van der Waals surface area contributed by atoms with Crippen molar-refractivity contribution < 1.29 is 4.79 Å². The first kappa shape index (κ1) is 14.3. The van der Waals surface area contributed by atoms with Crippen molar-refractivity contribution in [2.45, 2.75) is 32.2 Å². The number of carbonyl (C=O) groups is 1. The van der Waals surface area contributed by atoms with Gasteiger partial charge >= 0.3 is 0 Å². The first-order chi connectivity index (χ1) is 10.3. The summed E-state index contributed by atoms with van der Waals surface area (Å²) in [6.45, 7) is 6.71. The predicted molar refractivity (Wildman–Crippen MR) is 81.3 cm³/mol. The maximum absolute atomic E-state index is 12.7. The third-order valence-electron chi connectivity index (χ3n) is 4.30. The first-order valence-electron chi connectivity index (χ1n) is 7.87. The van der Waals surface area contributed by atoms with Crippen LogP contribution in [0, 0.1) is 0 Å². The number of carbonyl (C=O) groups excluding carboxylic acids is 1. The van der Waals surface area contributed by atoms with Gasteiger partial charge in [0.05, 0.1) is 12.4 Å². The van der Waals surface area contributed by atoms with Crippen LogP contribution in [0.15, 0.2) is 12.4 Å². The normalized spacial score (nSPS) is 22.7. The van der Waals surface area contributed by atoms with E-state index in [9.17, 15) is 4.79 Å². The first-order valence-corrected chi connectivity index (χ1v) is 7.87. The zero-order valence-corrected chi connectivity index (χ0v) is 12.6. The molecule has 0 aliphatic carbocycles. The Labute approximate surface area is 125 Å². The maximum atomic E-state index is 12.7. The lowest BCUT2D eigenvalue weighted by Crippen LogP contribution is -2.40. The van der Waals surface area contributed by atoms with Crippen LogP contribution in [0.5, 0.6) is 0 Å². The van der Waals surface area contributed by atoms with Crippen LogP contribution in [-0.2, 0) is 0 Å². The van der Waals surface area contributed by atoms with Gasteiger partial charge in [-0.05, 0) is 32.7 Å². The number of amides is 1. The van der Waals surface area contributed by atoms with Gasteiger partial charge in [0.15, 0.2) is 0 Å². The van der Waals surface area contributed by atoms with Gasteiger partial charge in [-0.1, -0.05) is 0 Å². The summed E-state index contributed by atoms with van der Waals surface area (Å²) >= 11 is 0. The van der Waals surface area contributed by atoms with Gasteiger partial charge in [-0.15, -0.1) is 0 Å². The fourth-order valence-corrected chi connectivity index (χ4v) is 3.29. The van der Waals surface area contributed by atoms with Gasteiger partial charge in [0, 0.05) is 32.2 Å². The summed E-state index contributed by atoms with van der Waals surface area (Å²) in [5.41, 5.74) is 0.444. The SMILES string of the molecule is CCNc1cncc(C(=O)N2CCCN3CCCC3C2)n1. The highest BCUT2D eigenvalue weighted by Crippen LogP contribution is 2.22. The Kier molecular flexibility index (Phi) is 4.34. The van der Waals surface area contributed by atoms with Crippen LogP contribution in [0.1, 0.15) is 36.7 Å². The second kappa shape index (κ2) is 6.39. The molecule has 21 heavy (non-hydrogen) atoms. The predicted octanol–water partition coefficient (Wildman–Crippen LogP) is 1.22. The third kappa shape index (κ3) is 3.15. The Morgan fingerprint density at radius 3 is 3.05 bits per heavy atom. The highest BCUT2D eigenvalue weighted by molar-refractivity contribution is 5.92. The largest absolute Gasteiger partial charge is 0.369 e. The van der Waals surface area contributed by atoms with E-state index in [1.807, 2.05) is 11.8 Å². The van der Waals surface area contributed by atoms with Crippen molar-refractivity contribution in [1.29, 1.82) is 0 Å². The molecule has 2 aliphatic rings. The minimum absolute atomic E-state index is 0.0102. The van der Waals surface area contributed by atoms with Crippen LogP contribution in [0.4, 0.5) is 5.82 Å². The molecule has 2 fully saturated rings. The van der Waals surface area contributed by atoms with Crippen LogP contribution in [-0.4, -0.2) is 64.4 Å². The number of hydrogen-bond acceptors (Lipinski definition) is 5. The highest BCUT2D eigenvalue weighted by atomic mass is 16.2. The number of hydrogen-bond donors (Lipinski definition) is 1.